The molecule has 0 aromatic heterocycles. The van der Waals surface area contributed by atoms with Crippen LogP contribution in [0, 0.1) is 11.6 Å². The third kappa shape index (κ3) is 2.97. The maximum atomic E-state index is 12.7. The van der Waals surface area contributed by atoms with Gasteiger partial charge in [-0.1, -0.05) is 12.1 Å². The van der Waals surface area contributed by atoms with Gasteiger partial charge in [0.2, 0.25) is 0 Å². The molecule has 0 atom stereocenters. The second-order valence-electron chi connectivity index (χ2n) is 2.51. The summed E-state index contributed by atoms with van der Waals surface area (Å²) >= 11 is 0. The zero-order valence-corrected chi connectivity index (χ0v) is 7.24. The van der Waals surface area contributed by atoms with Gasteiger partial charge in [0.05, 0.1) is 0 Å². The number of ether oxygens (including phenoxy) is 1. The van der Waals surface area contributed by atoms with Gasteiger partial charge in [0.1, 0.15) is 6.61 Å². The van der Waals surface area contributed by atoms with Gasteiger partial charge in [-0.25, -0.2) is 8.78 Å². The number of carbonyl (C=O) groups excluding carboxylic acids is 1. The summed E-state index contributed by atoms with van der Waals surface area (Å²) in [7, 11) is 0. The molecule has 0 spiro atoms. The van der Waals surface area contributed by atoms with Crippen LogP contribution in [-0.2, 0) is 9.53 Å². The maximum Gasteiger partial charge on any atom is 0.293 e. The number of hydrogen-bond acceptors (Lipinski definition) is 2. The zero-order chi connectivity index (χ0) is 10.4. The van der Waals surface area contributed by atoms with Crippen molar-refractivity contribution in [3.63, 3.8) is 0 Å². The van der Waals surface area contributed by atoms with Gasteiger partial charge >= 0.3 is 0 Å². The number of carbonyl (C=O) groups is 1. The van der Waals surface area contributed by atoms with Crippen LogP contribution in [0.2, 0.25) is 0 Å². The minimum atomic E-state index is -0.900. The van der Waals surface area contributed by atoms with Crippen molar-refractivity contribution in [3.8, 4) is 0 Å². The first kappa shape index (κ1) is 10.4. The SMILES string of the molecule is O=COCC=Cc1ccc(F)c(F)c1. The fourth-order valence-electron chi connectivity index (χ4n) is 0.895. The Balaban J connectivity index is 2.63. The molecule has 0 unspecified atom stereocenters. The fraction of sp³-hybridized carbons (Fsp3) is 0.100. The van der Waals surface area contributed by atoms with Crippen molar-refractivity contribution in [1.29, 1.82) is 0 Å². The summed E-state index contributed by atoms with van der Waals surface area (Å²) in [5, 5.41) is 0. The molecule has 74 valence electrons. The average Bonchev–Trinajstić information content (AvgIpc) is 2.18. The van der Waals surface area contributed by atoms with Gasteiger partial charge in [-0.05, 0) is 23.8 Å². The van der Waals surface area contributed by atoms with Crippen LogP contribution >= 0.6 is 0 Å². The third-order valence-corrected chi connectivity index (χ3v) is 1.51. The molecular weight excluding hydrogens is 190 g/mol. The minimum Gasteiger partial charge on any atom is -0.464 e. The van der Waals surface area contributed by atoms with Gasteiger partial charge in [0.15, 0.2) is 11.6 Å². The van der Waals surface area contributed by atoms with Crippen molar-refractivity contribution < 1.29 is 18.3 Å². The molecule has 0 amide bonds. The monoisotopic (exact) mass is 198 g/mol. The average molecular weight is 198 g/mol. The highest BCUT2D eigenvalue weighted by atomic mass is 19.2. The van der Waals surface area contributed by atoms with Crippen molar-refractivity contribution in [2.24, 2.45) is 0 Å². The molecule has 0 bridgehead atoms. The molecule has 14 heavy (non-hydrogen) atoms. The zero-order valence-electron chi connectivity index (χ0n) is 7.24. The van der Waals surface area contributed by atoms with Crippen LogP contribution in [0.4, 0.5) is 8.78 Å². The third-order valence-electron chi connectivity index (χ3n) is 1.51. The quantitative estimate of drug-likeness (QED) is 0.547. The van der Waals surface area contributed by atoms with Gasteiger partial charge in [0.25, 0.3) is 6.47 Å². The topological polar surface area (TPSA) is 26.3 Å². The molecule has 0 N–H and O–H groups in total. The highest BCUT2D eigenvalue weighted by molar-refractivity contribution is 5.49. The van der Waals surface area contributed by atoms with Crippen molar-refractivity contribution >= 4 is 12.5 Å². The normalized spacial score (nSPS) is 10.4. The summed E-state index contributed by atoms with van der Waals surface area (Å²) < 4.78 is 29.5. The van der Waals surface area contributed by atoms with Crippen LogP contribution in [-0.4, -0.2) is 13.1 Å². The van der Waals surface area contributed by atoms with E-state index in [9.17, 15) is 13.6 Å². The van der Waals surface area contributed by atoms with Crippen LogP contribution in [0.1, 0.15) is 5.56 Å². The number of hydrogen-bond donors (Lipinski definition) is 0. The molecule has 4 heteroatoms. The Labute approximate surface area is 79.8 Å². The molecular formula is C10H8F2O2. The summed E-state index contributed by atoms with van der Waals surface area (Å²) in [6.45, 7) is 0.429. The largest absolute Gasteiger partial charge is 0.464 e. The molecule has 2 nitrogen and oxygen atoms in total. The number of benzene rings is 1. The lowest BCUT2D eigenvalue weighted by Gasteiger charge is -1.95. The van der Waals surface area contributed by atoms with E-state index in [2.05, 4.69) is 4.74 Å². The fourth-order valence-corrected chi connectivity index (χ4v) is 0.895. The molecule has 0 saturated heterocycles. The molecule has 1 rings (SSSR count). The van der Waals surface area contributed by atoms with Crippen LogP contribution in [0.3, 0.4) is 0 Å². The summed E-state index contributed by atoms with van der Waals surface area (Å²) in [4.78, 5) is 9.75. The van der Waals surface area contributed by atoms with Gasteiger partial charge in [-0.15, -0.1) is 0 Å². The van der Waals surface area contributed by atoms with E-state index in [1.807, 2.05) is 0 Å². The molecule has 1 aromatic rings. The van der Waals surface area contributed by atoms with E-state index in [-0.39, 0.29) is 6.61 Å². The van der Waals surface area contributed by atoms with E-state index in [1.165, 1.54) is 18.2 Å². The lowest BCUT2D eigenvalue weighted by atomic mass is 10.2. The first-order valence-electron chi connectivity index (χ1n) is 3.91. The summed E-state index contributed by atoms with van der Waals surface area (Å²) in [5.41, 5.74) is 0.512. The summed E-state index contributed by atoms with van der Waals surface area (Å²) in [5.74, 6) is -1.78. The van der Waals surface area contributed by atoms with Gasteiger partial charge in [-0.2, -0.15) is 0 Å². The highest BCUT2D eigenvalue weighted by Gasteiger charge is 1.99. The van der Waals surface area contributed by atoms with Crippen LogP contribution in [0.25, 0.3) is 6.08 Å². The molecule has 0 aliphatic heterocycles. The van der Waals surface area contributed by atoms with E-state index in [1.54, 1.807) is 0 Å². The Bertz CT molecular complexity index is 348. The number of halogens is 2. The Morgan fingerprint density at radius 2 is 2.07 bits per heavy atom. The van der Waals surface area contributed by atoms with E-state index in [0.29, 0.717) is 12.0 Å². The minimum absolute atomic E-state index is 0.114. The van der Waals surface area contributed by atoms with Gasteiger partial charge < -0.3 is 4.74 Å². The van der Waals surface area contributed by atoms with E-state index >= 15 is 0 Å². The summed E-state index contributed by atoms with van der Waals surface area (Å²) in [6, 6.07) is 3.53. The van der Waals surface area contributed by atoms with Crippen molar-refractivity contribution in [2.75, 3.05) is 6.61 Å². The van der Waals surface area contributed by atoms with E-state index in [4.69, 9.17) is 0 Å². The summed E-state index contributed by atoms with van der Waals surface area (Å²) in [6.07, 6.45) is 3.06. The van der Waals surface area contributed by atoms with E-state index in [0.717, 1.165) is 12.1 Å². The van der Waals surface area contributed by atoms with Crippen LogP contribution in [0.5, 0.6) is 0 Å². The first-order valence-corrected chi connectivity index (χ1v) is 3.91. The van der Waals surface area contributed by atoms with Crippen molar-refractivity contribution in [2.45, 2.75) is 0 Å². The van der Waals surface area contributed by atoms with Crippen molar-refractivity contribution in [3.05, 3.63) is 41.5 Å². The highest BCUT2D eigenvalue weighted by Crippen LogP contribution is 2.09. The molecule has 0 fully saturated rings. The second-order valence-corrected chi connectivity index (χ2v) is 2.51. The van der Waals surface area contributed by atoms with Crippen LogP contribution < -0.4 is 0 Å². The molecule has 0 radical (unpaired) electrons. The maximum absolute atomic E-state index is 12.7. The van der Waals surface area contributed by atoms with E-state index < -0.39 is 11.6 Å². The first-order chi connectivity index (χ1) is 6.74. The predicted octanol–water partition coefficient (Wildman–Crippen LogP) is 2.15. The molecule has 1 aromatic carbocycles. The van der Waals surface area contributed by atoms with Crippen molar-refractivity contribution in [1.82, 2.24) is 0 Å². The Hall–Kier alpha value is -1.71. The predicted molar refractivity (Wildman–Crippen MR) is 47.4 cm³/mol. The molecule has 0 aliphatic carbocycles. The van der Waals surface area contributed by atoms with Gasteiger partial charge in [-0.3, -0.25) is 4.79 Å². The molecule has 0 saturated carbocycles. The second kappa shape index (κ2) is 5.11. The lowest BCUT2D eigenvalue weighted by Crippen LogP contribution is -1.86. The Morgan fingerprint density at radius 3 is 2.71 bits per heavy atom. The smallest absolute Gasteiger partial charge is 0.293 e. The Morgan fingerprint density at radius 1 is 1.29 bits per heavy atom. The Kier molecular flexibility index (Phi) is 3.79. The van der Waals surface area contributed by atoms with Crippen LogP contribution in [0.15, 0.2) is 24.3 Å². The molecule has 0 aliphatic rings. The van der Waals surface area contributed by atoms with Gasteiger partial charge in [0, 0.05) is 0 Å². The lowest BCUT2D eigenvalue weighted by molar-refractivity contribution is -0.127. The molecule has 0 heterocycles. The number of rotatable bonds is 4. The standard InChI is InChI=1S/C10H8F2O2/c11-9-4-3-8(6-10(9)12)2-1-5-14-7-13/h1-4,6-7H,5H2.